The summed E-state index contributed by atoms with van der Waals surface area (Å²) < 4.78 is 18.9. The van der Waals surface area contributed by atoms with Crippen LogP contribution in [0.15, 0.2) is 36.4 Å². The summed E-state index contributed by atoms with van der Waals surface area (Å²) in [5, 5.41) is 0.669. The molecule has 0 bridgehead atoms. The number of nitrogens with two attached hydrogens (primary N) is 1. The lowest BCUT2D eigenvalue weighted by molar-refractivity contribution is 0.302. The topological polar surface area (TPSA) is 35.2 Å². The Hall–Kier alpha value is -1.29. The van der Waals surface area contributed by atoms with Gasteiger partial charge in [0.15, 0.2) is 0 Å². The summed E-state index contributed by atoms with van der Waals surface area (Å²) in [5.74, 6) is 0.158. The van der Waals surface area contributed by atoms with Crippen LogP contribution in [0, 0.1) is 5.82 Å². The molecule has 2 nitrogen and oxygen atoms in total. The quantitative estimate of drug-likeness (QED) is 0.919. The van der Waals surface area contributed by atoms with Crippen LogP contribution in [-0.2, 0) is 13.2 Å². The number of hydrogen-bond donors (Lipinski definition) is 1. The van der Waals surface area contributed by atoms with Crippen LogP contribution in [0.4, 0.5) is 4.39 Å². The Morgan fingerprint density at radius 1 is 1.11 bits per heavy atom. The molecule has 0 spiro atoms. The maximum absolute atomic E-state index is 13.3. The van der Waals surface area contributed by atoms with Gasteiger partial charge < -0.3 is 10.5 Å². The van der Waals surface area contributed by atoms with Crippen molar-refractivity contribution in [1.82, 2.24) is 0 Å². The van der Waals surface area contributed by atoms with Gasteiger partial charge in [0, 0.05) is 22.7 Å². The third-order valence-corrected chi connectivity index (χ3v) is 3.32. The van der Waals surface area contributed by atoms with Crippen molar-refractivity contribution in [3.8, 4) is 5.75 Å². The second-order valence-corrected chi connectivity index (χ2v) is 4.77. The fraction of sp³-hybridized carbons (Fsp3) is 0.143. The van der Waals surface area contributed by atoms with Crippen molar-refractivity contribution in [2.45, 2.75) is 13.2 Å². The second kappa shape index (κ2) is 6.24. The monoisotopic (exact) mass is 299 g/mol. The summed E-state index contributed by atoms with van der Waals surface area (Å²) in [6.45, 7) is 0.484. The lowest BCUT2D eigenvalue weighted by Gasteiger charge is -2.11. The van der Waals surface area contributed by atoms with E-state index < -0.39 is 5.82 Å². The molecule has 0 aliphatic heterocycles. The molecule has 2 aromatic rings. The number of benzene rings is 2. The van der Waals surface area contributed by atoms with Gasteiger partial charge in [0.25, 0.3) is 0 Å². The molecule has 0 aliphatic rings. The highest BCUT2D eigenvalue weighted by molar-refractivity contribution is 6.31. The van der Waals surface area contributed by atoms with Crippen LogP contribution in [0.1, 0.15) is 11.1 Å². The highest BCUT2D eigenvalue weighted by Crippen LogP contribution is 2.25. The molecule has 0 heterocycles. The molecule has 0 fully saturated rings. The third-order valence-electron chi connectivity index (χ3n) is 2.66. The molecule has 0 aromatic heterocycles. The molecule has 2 N–H and O–H groups in total. The molecule has 0 aliphatic carbocycles. The predicted octanol–water partition coefficient (Wildman–Crippen LogP) is 4.17. The van der Waals surface area contributed by atoms with Crippen molar-refractivity contribution in [1.29, 1.82) is 0 Å². The van der Waals surface area contributed by atoms with E-state index in [9.17, 15) is 4.39 Å². The summed E-state index contributed by atoms with van der Waals surface area (Å²) in [6.07, 6.45) is 0. The fourth-order valence-electron chi connectivity index (χ4n) is 1.66. The van der Waals surface area contributed by atoms with E-state index >= 15 is 0 Å². The molecule has 0 unspecified atom stereocenters. The van der Waals surface area contributed by atoms with Gasteiger partial charge in [0.2, 0.25) is 0 Å². The van der Waals surface area contributed by atoms with Crippen LogP contribution in [0.25, 0.3) is 0 Å². The Kier molecular flexibility index (Phi) is 4.64. The SMILES string of the molecule is NCc1cc(Cl)ccc1OCc1cccc(F)c1Cl. The molecule has 2 aromatic carbocycles. The van der Waals surface area contributed by atoms with Gasteiger partial charge in [-0.05, 0) is 24.3 Å². The van der Waals surface area contributed by atoms with Gasteiger partial charge in [-0.1, -0.05) is 35.3 Å². The van der Waals surface area contributed by atoms with Gasteiger partial charge in [-0.2, -0.15) is 0 Å². The minimum atomic E-state index is -0.460. The van der Waals surface area contributed by atoms with Crippen LogP contribution in [0.3, 0.4) is 0 Å². The summed E-state index contributed by atoms with van der Waals surface area (Å²) in [6, 6.07) is 9.79. The van der Waals surface area contributed by atoms with Gasteiger partial charge in [-0.15, -0.1) is 0 Å². The van der Waals surface area contributed by atoms with Crippen molar-refractivity contribution < 1.29 is 9.13 Å². The standard InChI is InChI=1S/C14H12Cl2FNO/c15-11-4-5-13(10(6-11)7-18)19-8-9-2-1-3-12(17)14(9)16/h1-6H,7-8,18H2. The second-order valence-electron chi connectivity index (χ2n) is 3.96. The highest BCUT2D eigenvalue weighted by Gasteiger charge is 2.08. The Labute approximate surface area is 120 Å². The maximum atomic E-state index is 13.3. The first-order valence-electron chi connectivity index (χ1n) is 5.66. The number of halogens is 3. The molecule has 0 radical (unpaired) electrons. The molecule has 0 amide bonds. The van der Waals surface area contributed by atoms with Crippen molar-refractivity contribution in [3.63, 3.8) is 0 Å². The van der Waals surface area contributed by atoms with E-state index in [2.05, 4.69) is 0 Å². The lowest BCUT2D eigenvalue weighted by Crippen LogP contribution is -2.03. The van der Waals surface area contributed by atoms with Crippen LogP contribution >= 0.6 is 23.2 Å². The number of ether oxygens (including phenoxy) is 1. The molecular formula is C14H12Cl2FNO. The zero-order chi connectivity index (χ0) is 13.8. The molecule has 0 saturated heterocycles. The van der Waals surface area contributed by atoms with Crippen molar-refractivity contribution in [2.75, 3.05) is 0 Å². The first-order chi connectivity index (χ1) is 9.11. The highest BCUT2D eigenvalue weighted by atomic mass is 35.5. The van der Waals surface area contributed by atoms with Crippen molar-refractivity contribution >= 4 is 23.2 Å². The van der Waals surface area contributed by atoms with Gasteiger partial charge in [0.1, 0.15) is 18.2 Å². The zero-order valence-corrected chi connectivity index (χ0v) is 11.5. The maximum Gasteiger partial charge on any atom is 0.142 e. The minimum Gasteiger partial charge on any atom is -0.489 e. The van der Waals surface area contributed by atoms with Gasteiger partial charge in [0.05, 0.1) is 5.02 Å². The Morgan fingerprint density at radius 2 is 1.89 bits per heavy atom. The van der Waals surface area contributed by atoms with Crippen molar-refractivity contribution in [3.05, 3.63) is 63.4 Å². The summed E-state index contributed by atoms with van der Waals surface area (Å²) in [7, 11) is 0. The average molecular weight is 300 g/mol. The fourth-order valence-corrected chi connectivity index (χ4v) is 2.04. The van der Waals surface area contributed by atoms with Gasteiger partial charge in [-0.25, -0.2) is 4.39 Å². The molecule has 19 heavy (non-hydrogen) atoms. The Bertz CT molecular complexity index is 590. The van der Waals surface area contributed by atoms with E-state index in [0.717, 1.165) is 5.56 Å². The van der Waals surface area contributed by atoms with E-state index in [1.165, 1.54) is 6.07 Å². The summed E-state index contributed by atoms with van der Waals surface area (Å²) in [4.78, 5) is 0. The zero-order valence-electron chi connectivity index (χ0n) is 10.00. The molecule has 0 saturated carbocycles. The van der Waals surface area contributed by atoms with Crippen LogP contribution < -0.4 is 10.5 Å². The van der Waals surface area contributed by atoms with Crippen LogP contribution in [-0.4, -0.2) is 0 Å². The lowest BCUT2D eigenvalue weighted by atomic mass is 10.2. The third kappa shape index (κ3) is 3.38. The largest absolute Gasteiger partial charge is 0.489 e. The molecule has 2 rings (SSSR count). The van der Waals surface area contributed by atoms with E-state index in [-0.39, 0.29) is 11.6 Å². The average Bonchev–Trinajstić information content (AvgIpc) is 2.41. The minimum absolute atomic E-state index is 0.0748. The van der Waals surface area contributed by atoms with Crippen LogP contribution in [0.2, 0.25) is 10.0 Å². The van der Waals surface area contributed by atoms with E-state index in [1.54, 1.807) is 30.3 Å². The number of rotatable bonds is 4. The van der Waals surface area contributed by atoms with E-state index in [1.807, 2.05) is 0 Å². The number of hydrogen-bond acceptors (Lipinski definition) is 2. The molecular weight excluding hydrogens is 288 g/mol. The first-order valence-corrected chi connectivity index (χ1v) is 6.41. The van der Waals surface area contributed by atoms with Gasteiger partial charge in [-0.3, -0.25) is 0 Å². The smallest absolute Gasteiger partial charge is 0.142 e. The normalized spacial score (nSPS) is 10.5. The summed E-state index contributed by atoms with van der Waals surface area (Å²) in [5.41, 5.74) is 6.99. The van der Waals surface area contributed by atoms with Crippen LogP contribution in [0.5, 0.6) is 5.75 Å². The van der Waals surface area contributed by atoms with Crippen molar-refractivity contribution in [2.24, 2.45) is 5.73 Å². The van der Waals surface area contributed by atoms with E-state index in [4.69, 9.17) is 33.7 Å². The Balaban J connectivity index is 2.17. The first kappa shape index (κ1) is 14.1. The molecule has 100 valence electrons. The predicted molar refractivity (Wildman–Crippen MR) is 75.1 cm³/mol. The molecule has 0 atom stereocenters. The summed E-state index contributed by atoms with van der Waals surface area (Å²) >= 11 is 11.7. The Morgan fingerprint density at radius 3 is 2.63 bits per heavy atom. The van der Waals surface area contributed by atoms with Gasteiger partial charge >= 0.3 is 0 Å². The molecule has 5 heteroatoms. The van der Waals surface area contributed by atoms with E-state index in [0.29, 0.717) is 22.9 Å².